The van der Waals surface area contributed by atoms with Crippen molar-refractivity contribution in [3.8, 4) is 11.5 Å². The van der Waals surface area contributed by atoms with Crippen LogP contribution in [0.25, 0.3) is 0 Å². The van der Waals surface area contributed by atoms with Gasteiger partial charge in [0.25, 0.3) is 0 Å². The third-order valence-electron chi connectivity index (χ3n) is 3.36. The first-order valence-corrected chi connectivity index (χ1v) is 7.41. The molecule has 24 heavy (non-hydrogen) atoms. The molecule has 7 nitrogen and oxygen atoms in total. The fourth-order valence-corrected chi connectivity index (χ4v) is 2.07. The summed E-state index contributed by atoms with van der Waals surface area (Å²) >= 11 is 0. The lowest BCUT2D eigenvalue weighted by Crippen LogP contribution is -2.07. The van der Waals surface area contributed by atoms with Crippen LogP contribution in [0.3, 0.4) is 0 Å². The van der Waals surface area contributed by atoms with Gasteiger partial charge in [0.05, 0.1) is 18.6 Å². The lowest BCUT2D eigenvalue weighted by molar-refractivity contribution is -0.385. The molecular weight excluding hydrogens is 312 g/mol. The van der Waals surface area contributed by atoms with Crippen LogP contribution < -0.4 is 14.8 Å². The number of nitro groups is 1. The second-order valence-electron chi connectivity index (χ2n) is 4.98. The number of nitrogens with zero attached hydrogens (tertiary/aromatic N) is 1. The predicted molar refractivity (Wildman–Crippen MR) is 90.8 cm³/mol. The van der Waals surface area contributed by atoms with Gasteiger partial charge in [0.15, 0.2) is 5.75 Å². The maximum absolute atomic E-state index is 11.1. The Kier molecular flexibility index (Phi) is 6.39. The summed E-state index contributed by atoms with van der Waals surface area (Å²) in [4.78, 5) is 10.6. The van der Waals surface area contributed by atoms with E-state index in [-0.39, 0.29) is 18.0 Å². The molecule has 0 fully saturated rings. The van der Waals surface area contributed by atoms with Crippen molar-refractivity contribution in [2.75, 3.05) is 32.8 Å². The predicted octanol–water partition coefficient (Wildman–Crippen LogP) is 3.24. The standard InChI is InChI=1S/C17H20N2O5/c1-22-9-10-24-17-11-14(5-8-16(17)19(20)21)18-12-13-3-6-15(23-2)7-4-13/h3-8,11,18H,9-10,12H2,1-2H3. The van der Waals surface area contributed by atoms with E-state index < -0.39 is 4.92 Å². The topological polar surface area (TPSA) is 82.9 Å². The molecule has 2 rings (SSSR count). The average Bonchev–Trinajstić information content (AvgIpc) is 2.60. The fourth-order valence-electron chi connectivity index (χ4n) is 2.07. The van der Waals surface area contributed by atoms with Gasteiger partial charge in [-0.3, -0.25) is 10.1 Å². The molecule has 1 N–H and O–H groups in total. The highest BCUT2D eigenvalue weighted by Crippen LogP contribution is 2.30. The van der Waals surface area contributed by atoms with Crippen molar-refractivity contribution in [1.29, 1.82) is 0 Å². The van der Waals surface area contributed by atoms with E-state index in [1.807, 2.05) is 24.3 Å². The summed E-state index contributed by atoms with van der Waals surface area (Å²) in [6, 6.07) is 12.4. The molecule has 0 bridgehead atoms. The molecule has 0 radical (unpaired) electrons. The number of ether oxygens (including phenoxy) is 3. The van der Waals surface area contributed by atoms with Crippen LogP contribution in [0.1, 0.15) is 5.56 Å². The second kappa shape index (κ2) is 8.73. The van der Waals surface area contributed by atoms with Crippen molar-refractivity contribution in [1.82, 2.24) is 0 Å². The Balaban J connectivity index is 2.05. The number of hydrogen-bond acceptors (Lipinski definition) is 6. The SMILES string of the molecule is COCCOc1cc(NCc2ccc(OC)cc2)ccc1[N+](=O)[O-]. The minimum Gasteiger partial charge on any atom is -0.497 e. The van der Waals surface area contributed by atoms with Crippen LogP contribution in [0.4, 0.5) is 11.4 Å². The van der Waals surface area contributed by atoms with Crippen molar-refractivity contribution in [3.05, 3.63) is 58.1 Å². The first-order chi connectivity index (χ1) is 11.6. The van der Waals surface area contributed by atoms with Crippen LogP contribution in [-0.2, 0) is 11.3 Å². The Hall–Kier alpha value is -2.80. The fraction of sp³-hybridized carbons (Fsp3) is 0.294. The van der Waals surface area contributed by atoms with E-state index in [0.717, 1.165) is 17.0 Å². The Morgan fingerprint density at radius 2 is 1.83 bits per heavy atom. The molecule has 0 spiro atoms. The number of rotatable bonds is 9. The van der Waals surface area contributed by atoms with Crippen LogP contribution >= 0.6 is 0 Å². The molecule has 7 heteroatoms. The van der Waals surface area contributed by atoms with Gasteiger partial charge in [-0.25, -0.2) is 0 Å². The lowest BCUT2D eigenvalue weighted by Gasteiger charge is -2.10. The van der Waals surface area contributed by atoms with Gasteiger partial charge in [-0.05, 0) is 23.8 Å². The number of methoxy groups -OCH3 is 2. The van der Waals surface area contributed by atoms with Gasteiger partial charge >= 0.3 is 5.69 Å². The quantitative estimate of drug-likeness (QED) is 0.431. The molecule has 0 aliphatic rings. The second-order valence-corrected chi connectivity index (χ2v) is 4.98. The smallest absolute Gasteiger partial charge is 0.311 e. The number of benzene rings is 2. The molecule has 0 aromatic heterocycles. The average molecular weight is 332 g/mol. The minimum atomic E-state index is -0.463. The lowest BCUT2D eigenvalue weighted by atomic mass is 10.2. The highest BCUT2D eigenvalue weighted by molar-refractivity contribution is 5.58. The molecule has 128 valence electrons. The maximum Gasteiger partial charge on any atom is 0.311 e. The summed E-state index contributed by atoms with van der Waals surface area (Å²) in [5.41, 5.74) is 1.74. The summed E-state index contributed by atoms with van der Waals surface area (Å²) in [6.07, 6.45) is 0. The van der Waals surface area contributed by atoms with Gasteiger partial charge in [0, 0.05) is 31.5 Å². The van der Waals surface area contributed by atoms with E-state index in [2.05, 4.69) is 5.32 Å². The van der Waals surface area contributed by atoms with E-state index in [4.69, 9.17) is 14.2 Å². The molecule has 0 amide bonds. The number of anilines is 1. The molecule has 0 aliphatic heterocycles. The van der Waals surface area contributed by atoms with Crippen LogP contribution in [0, 0.1) is 10.1 Å². The monoisotopic (exact) mass is 332 g/mol. The molecule has 0 saturated carbocycles. The summed E-state index contributed by atoms with van der Waals surface area (Å²) < 4.78 is 15.5. The van der Waals surface area contributed by atoms with Gasteiger partial charge in [0.2, 0.25) is 0 Å². The highest BCUT2D eigenvalue weighted by Gasteiger charge is 2.15. The molecule has 2 aromatic rings. The molecule has 0 atom stereocenters. The minimum absolute atomic E-state index is 0.0684. The van der Waals surface area contributed by atoms with Crippen molar-refractivity contribution >= 4 is 11.4 Å². The van der Waals surface area contributed by atoms with Crippen molar-refractivity contribution in [2.45, 2.75) is 6.54 Å². The zero-order valence-electron chi connectivity index (χ0n) is 13.7. The molecular formula is C17H20N2O5. The highest BCUT2D eigenvalue weighted by atomic mass is 16.6. The normalized spacial score (nSPS) is 10.2. The summed E-state index contributed by atoms with van der Waals surface area (Å²) in [6.45, 7) is 1.19. The third kappa shape index (κ3) is 4.85. The van der Waals surface area contributed by atoms with Crippen molar-refractivity contribution in [2.24, 2.45) is 0 Å². The molecule has 2 aromatic carbocycles. The molecule has 0 aliphatic carbocycles. The van der Waals surface area contributed by atoms with E-state index in [0.29, 0.717) is 13.2 Å². The van der Waals surface area contributed by atoms with Crippen molar-refractivity contribution in [3.63, 3.8) is 0 Å². The van der Waals surface area contributed by atoms with Gasteiger partial charge in [-0.15, -0.1) is 0 Å². The van der Waals surface area contributed by atoms with E-state index in [9.17, 15) is 10.1 Å². The van der Waals surface area contributed by atoms with Crippen LogP contribution in [-0.4, -0.2) is 32.4 Å². The first-order valence-electron chi connectivity index (χ1n) is 7.41. The van der Waals surface area contributed by atoms with E-state index in [1.165, 1.54) is 6.07 Å². The summed E-state index contributed by atoms with van der Waals surface area (Å²) in [7, 11) is 3.17. The van der Waals surface area contributed by atoms with Crippen LogP contribution in [0.15, 0.2) is 42.5 Å². The summed E-state index contributed by atoms with van der Waals surface area (Å²) in [5.74, 6) is 1.01. The zero-order chi connectivity index (χ0) is 17.4. The number of nitro benzene ring substituents is 1. The van der Waals surface area contributed by atoms with E-state index >= 15 is 0 Å². The van der Waals surface area contributed by atoms with Crippen LogP contribution in [0.5, 0.6) is 11.5 Å². The Labute approximate surface area is 140 Å². The van der Waals surface area contributed by atoms with Gasteiger partial charge in [-0.1, -0.05) is 12.1 Å². The van der Waals surface area contributed by atoms with Crippen molar-refractivity contribution < 1.29 is 19.1 Å². The van der Waals surface area contributed by atoms with Gasteiger partial charge < -0.3 is 19.5 Å². The zero-order valence-corrected chi connectivity index (χ0v) is 13.7. The van der Waals surface area contributed by atoms with E-state index in [1.54, 1.807) is 26.4 Å². The Morgan fingerprint density at radius 1 is 1.08 bits per heavy atom. The molecule has 0 saturated heterocycles. The summed E-state index contributed by atoms with van der Waals surface area (Å²) in [5, 5.41) is 14.3. The molecule has 0 heterocycles. The van der Waals surface area contributed by atoms with Gasteiger partial charge in [0.1, 0.15) is 12.4 Å². The van der Waals surface area contributed by atoms with Crippen LogP contribution in [0.2, 0.25) is 0 Å². The van der Waals surface area contributed by atoms with Gasteiger partial charge in [-0.2, -0.15) is 0 Å². The Bertz CT molecular complexity index is 673. The third-order valence-corrected chi connectivity index (χ3v) is 3.36. The first kappa shape index (κ1) is 17.6. The number of hydrogen-bond donors (Lipinski definition) is 1. The Morgan fingerprint density at radius 3 is 2.46 bits per heavy atom. The largest absolute Gasteiger partial charge is 0.497 e. The number of nitrogens with one attached hydrogen (secondary N) is 1. The molecule has 0 unspecified atom stereocenters. The maximum atomic E-state index is 11.1.